The van der Waals surface area contributed by atoms with Gasteiger partial charge in [0, 0.05) is 24.2 Å². The lowest BCUT2D eigenvalue weighted by molar-refractivity contribution is 0.686. The lowest BCUT2D eigenvalue weighted by atomic mass is 9.90. The van der Waals surface area contributed by atoms with Crippen molar-refractivity contribution in [1.29, 1.82) is 0 Å². The predicted octanol–water partition coefficient (Wildman–Crippen LogP) is 2.72. The molecule has 100 valence electrons. The molecule has 0 saturated heterocycles. The fourth-order valence-electron chi connectivity index (χ4n) is 2.79. The Labute approximate surface area is 114 Å². The highest BCUT2D eigenvalue weighted by atomic mass is 15.1. The summed E-state index contributed by atoms with van der Waals surface area (Å²) in [5.41, 5.74) is 6.55. The quantitative estimate of drug-likeness (QED) is 0.882. The normalized spacial score (nSPS) is 14.4. The van der Waals surface area contributed by atoms with Crippen molar-refractivity contribution in [2.24, 2.45) is 0 Å². The molecule has 2 aromatic rings. The standard InChI is InChI=1S/C16H21N3/c1-17-9-8-15-11-16(19-18-15)14-7-6-12-4-2-3-5-13(12)10-14/h6-7,10-11,17H,2-5,8-9H2,1H3,(H,18,19). The molecular formula is C16H21N3. The Morgan fingerprint density at radius 2 is 2.00 bits per heavy atom. The molecule has 0 atom stereocenters. The molecule has 19 heavy (non-hydrogen) atoms. The summed E-state index contributed by atoms with van der Waals surface area (Å²) in [6, 6.07) is 8.99. The van der Waals surface area contributed by atoms with Crippen molar-refractivity contribution in [3.8, 4) is 11.3 Å². The number of hydrogen-bond donors (Lipinski definition) is 2. The molecule has 1 aliphatic carbocycles. The molecule has 3 heteroatoms. The lowest BCUT2D eigenvalue weighted by Gasteiger charge is -2.15. The number of likely N-dealkylation sites (N-methyl/N-ethyl adjacent to an activating group) is 1. The molecule has 0 amide bonds. The number of aromatic nitrogens is 2. The van der Waals surface area contributed by atoms with Crippen LogP contribution in [0.25, 0.3) is 11.3 Å². The van der Waals surface area contributed by atoms with E-state index < -0.39 is 0 Å². The third-order valence-corrected chi connectivity index (χ3v) is 3.92. The zero-order valence-electron chi connectivity index (χ0n) is 11.5. The topological polar surface area (TPSA) is 40.7 Å². The Kier molecular flexibility index (Phi) is 3.65. The van der Waals surface area contributed by atoms with Gasteiger partial charge in [-0.15, -0.1) is 0 Å². The molecule has 0 saturated carbocycles. The maximum Gasteiger partial charge on any atom is 0.0923 e. The van der Waals surface area contributed by atoms with Gasteiger partial charge < -0.3 is 5.32 Å². The number of hydrogen-bond acceptors (Lipinski definition) is 2. The van der Waals surface area contributed by atoms with E-state index in [9.17, 15) is 0 Å². The van der Waals surface area contributed by atoms with Gasteiger partial charge in [0.25, 0.3) is 0 Å². The third kappa shape index (κ3) is 2.71. The molecule has 0 bridgehead atoms. The van der Waals surface area contributed by atoms with Gasteiger partial charge in [0.15, 0.2) is 0 Å². The van der Waals surface area contributed by atoms with E-state index in [1.807, 2.05) is 7.05 Å². The Balaban J connectivity index is 1.83. The minimum Gasteiger partial charge on any atom is -0.319 e. The van der Waals surface area contributed by atoms with Gasteiger partial charge in [-0.1, -0.05) is 12.1 Å². The maximum atomic E-state index is 4.44. The maximum absolute atomic E-state index is 4.44. The number of H-pyrrole nitrogens is 1. The zero-order chi connectivity index (χ0) is 13.1. The van der Waals surface area contributed by atoms with E-state index in [0.29, 0.717) is 0 Å². The number of benzene rings is 1. The third-order valence-electron chi connectivity index (χ3n) is 3.92. The van der Waals surface area contributed by atoms with Gasteiger partial charge in [0.2, 0.25) is 0 Å². The van der Waals surface area contributed by atoms with Crippen LogP contribution in [-0.2, 0) is 19.3 Å². The van der Waals surface area contributed by atoms with Gasteiger partial charge in [0.05, 0.1) is 5.69 Å². The number of fused-ring (bicyclic) bond motifs is 1. The van der Waals surface area contributed by atoms with Crippen LogP contribution < -0.4 is 5.32 Å². The first-order valence-corrected chi connectivity index (χ1v) is 7.18. The molecule has 0 fully saturated rings. The largest absolute Gasteiger partial charge is 0.319 e. The summed E-state index contributed by atoms with van der Waals surface area (Å²) >= 11 is 0. The van der Waals surface area contributed by atoms with Gasteiger partial charge in [-0.05, 0) is 56.0 Å². The summed E-state index contributed by atoms with van der Waals surface area (Å²) < 4.78 is 0. The van der Waals surface area contributed by atoms with Gasteiger partial charge in [-0.25, -0.2) is 0 Å². The van der Waals surface area contributed by atoms with Crippen LogP contribution in [0.15, 0.2) is 24.3 Å². The molecular weight excluding hydrogens is 234 g/mol. The Morgan fingerprint density at radius 1 is 1.16 bits per heavy atom. The smallest absolute Gasteiger partial charge is 0.0923 e. The van der Waals surface area contributed by atoms with Crippen molar-refractivity contribution in [2.75, 3.05) is 13.6 Å². The predicted molar refractivity (Wildman–Crippen MR) is 78.3 cm³/mol. The van der Waals surface area contributed by atoms with Crippen LogP contribution in [-0.4, -0.2) is 23.8 Å². The molecule has 1 heterocycles. The minimum absolute atomic E-state index is 0.978. The molecule has 3 rings (SSSR count). The lowest BCUT2D eigenvalue weighted by Crippen LogP contribution is -2.10. The first-order chi connectivity index (χ1) is 9.36. The Hall–Kier alpha value is -1.61. The molecule has 0 spiro atoms. The van der Waals surface area contributed by atoms with E-state index in [0.717, 1.165) is 18.7 Å². The van der Waals surface area contributed by atoms with Crippen molar-refractivity contribution in [3.05, 3.63) is 41.1 Å². The molecule has 0 unspecified atom stereocenters. The van der Waals surface area contributed by atoms with Crippen LogP contribution in [0.1, 0.15) is 29.7 Å². The molecule has 1 aromatic carbocycles. The molecule has 1 aromatic heterocycles. The first kappa shape index (κ1) is 12.4. The van der Waals surface area contributed by atoms with Gasteiger partial charge in [0.1, 0.15) is 0 Å². The van der Waals surface area contributed by atoms with Crippen molar-refractivity contribution in [3.63, 3.8) is 0 Å². The summed E-state index contributed by atoms with van der Waals surface area (Å²) in [4.78, 5) is 0. The van der Waals surface area contributed by atoms with Crippen LogP contribution in [0, 0.1) is 0 Å². The van der Waals surface area contributed by atoms with Crippen LogP contribution in [0.4, 0.5) is 0 Å². The molecule has 1 aliphatic rings. The second-order valence-corrected chi connectivity index (χ2v) is 5.32. The number of nitrogens with one attached hydrogen (secondary N) is 2. The fraction of sp³-hybridized carbons (Fsp3) is 0.438. The first-order valence-electron chi connectivity index (χ1n) is 7.18. The fourth-order valence-corrected chi connectivity index (χ4v) is 2.79. The van der Waals surface area contributed by atoms with E-state index in [-0.39, 0.29) is 0 Å². The SMILES string of the molecule is CNCCc1cc(-c2ccc3c(c2)CCCC3)n[nH]1. The van der Waals surface area contributed by atoms with Gasteiger partial charge in [-0.2, -0.15) is 5.10 Å². The minimum atomic E-state index is 0.978. The highest BCUT2D eigenvalue weighted by Gasteiger charge is 2.11. The van der Waals surface area contributed by atoms with E-state index in [2.05, 4.69) is 39.8 Å². The average Bonchev–Trinajstić information content (AvgIpc) is 2.93. The van der Waals surface area contributed by atoms with Crippen molar-refractivity contribution in [1.82, 2.24) is 15.5 Å². The molecule has 0 aliphatic heterocycles. The Morgan fingerprint density at radius 3 is 2.84 bits per heavy atom. The second-order valence-electron chi connectivity index (χ2n) is 5.32. The van der Waals surface area contributed by atoms with Crippen molar-refractivity contribution >= 4 is 0 Å². The van der Waals surface area contributed by atoms with Crippen LogP contribution >= 0.6 is 0 Å². The monoisotopic (exact) mass is 255 g/mol. The van der Waals surface area contributed by atoms with Crippen LogP contribution in [0.3, 0.4) is 0 Å². The summed E-state index contributed by atoms with van der Waals surface area (Å²) in [5, 5.41) is 10.7. The average molecular weight is 255 g/mol. The second kappa shape index (κ2) is 5.57. The summed E-state index contributed by atoms with van der Waals surface area (Å²) in [5.74, 6) is 0. The van der Waals surface area contributed by atoms with Gasteiger partial charge in [-0.3, -0.25) is 5.10 Å². The highest BCUT2D eigenvalue weighted by Crippen LogP contribution is 2.26. The number of aromatic amines is 1. The summed E-state index contributed by atoms with van der Waals surface area (Å²) in [6.45, 7) is 0.978. The van der Waals surface area contributed by atoms with Crippen LogP contribution in [0.5, 0.6) is 0 Å². The Bertz CT molecular complexity index is 557. The highest BCUT2D eigenvalue weighted by molar-refractivity contribution is 5.61. The number of aryl methyl sites for hydroxylation is 2. The van der Waals surface area contributed by atoms with Crippen molar-refractivity contribution < 1.29 is 0 Å². The number of rotatable bonds is 4. The van der Waals surface area contributed by atoms with E-state index in [1.54, 1.807) is 0 Å². The number of nitrogens with zero attached hydrogens (tertiary/aromatic N) is 1. The van der Waals surface area contributed by atoms with E-state index in [1.165, 1.54) is 48.1 Å². The van der Waals surface area contributed by atoms with Crippen LogP contribution in [0.2, 0.25) is 0 Å². The molecule has 3 nitrogen and oxygen atoms in total. The van der Waals surface area contributed by atoms with Gasteiger partial charge >= 0.3 is 0 Å². The van der Waals surface area contributed by atoms with E-state index >= 15 is 0 Å². The molecule has 0 radical (unpaired) electrons. The zero-order valence-corrected chi connectivity index (χ0v) is 11.5. The summed E-state index contributed by atoms with van der Waals surface area (Å²) in [7, 11) is 1.97. The van der Waals surface area contributed by atoms with Crippen molar-refractivity contribution in [2.45, 2.75) is 32.1 Å². The summed E-state index contributed by atoms with van der Waals surface area (Å²) in [6.07, 6.45) is 6.12. The van der Waals surface area contributed by atoms with E-state index in [4.69, 9.17) is 0 Å². The molecule has 2 N–H and O–H groups in total.